The van der Waals surface area contributed by atoms with Gasteiger partial charge in [0, 0.05) is 18.4 Å². The van der Waals surface area contributed by atoms with Crippen LogP contribution in [0.15, 0.2) is 18.2 Å². The van der Waals surface area contributed by atoms with Crippen molar-refractivity contribution in [1.29, 1.82) is 0 Å². The molecular formula is C13H16O3. The standard InChI is InChI=1S/C13H16O3/c1-13(2)9-10-5-3-6-11(12(10)16-13)15-8-4-7-14/h3,5-7H,4,8-9H2,1-2H3. The largest absolute Gasteiger partial charge is 0.489 e. The third-order valence-corrected chi connectivity index (χ3v) is 2.55. The molecule has 0 atom stereocenters. The molecule has 1 aromatic rings. The van der Waals surface area contributed by atoms with Crippen LogP contribution in [0.2, 0.25) is 0 Å². The minimum atomic E-state index is -0.160. The van der Waals surface area contributed by atoms with Crippen LogP contribution >= 0.6 is 0 Å². The highest BCUT2D eigenvalue weighted by atomic mass is 16.5. The van der Waals surface area contributed by atoms with Crippen LogP contribution in [0.5, 0.6) is 11.5 Å². The smallest absolute Gasteiger partial charge is 0.165 e. The Balaban J connectivity index is 2.16. The number of para-hydroxylation sites is 1. The Labute approximate surface area is 95.4 Å². The average molecular weight is 220 g/mol. The van der Waals surface area contributed by atoms with Crippen molar-refractivity contribution >= 4 is 6.29 Å². The van der Waals surface area contributed by atoms with Crippen molar-refractivity contribution in [2.24, 2.45) is 0 Å². The lowest BCUT2D eigenvalue weighted by atomic mass is 10.0. The number of hydrogen-bond donors (Lipinski definition) is 0. The van der Waals surface area contributed by atoms with Crippen LogP contribution in [-0.2, 0) is 11.2 Å². The fourth-order valence-corrected chi connectivity index (χ4v) is 1.92. The van der Waals surface area contributed by atoms with Gasteiger partial charge in [0.15, 0.2) is 11.5 Å². The number of fused-ring (bicyclic) bond motifs is 1. The van der Waals surface area contributed by atoms with Gasteiger partial charge in [-0.3, -0.25) is 0 Å². The van der Waals surface area contributed by atoms with E-state index >= 15 is 0 Å². The molecule has 1 aromatic carbocycles. The quantitative estimate of drug-likeness (QED) is 0.577. The van der Waals surface area contributed by atoms with E-state index in [1.54, 1.807) is 0 Å². The van der Waals surface area contributed by atoms with Crippen molar-refractivity contribution in [1.82, 2.24) is 0 Å². The van der Waals surface area contributed by atoms with Gasteiger partial charge in [-0.2, -0.15) is 0 Å². The van der Waals surface area contributed by atoms with Crippen molar-refractivity contribution < 1.29 is 14.3 Å². The molecule has 3 heteroatoms. The summed E-state index contributed by atoms with van der Waals surface area (Å²) >= 11 is 0. The summed E-state index contributed by atoms with van der Waals surface area (Å²) in [4.78, 5) is 10.2. The molecule has 0 aromatic heterocycles. The highest BCUT2D eigenvalue weighted by molar-refractivity contribution is 5.51. The molecule has 1 aliphatic rings. The normalized spacial score (nSPS) is 16.4. The van der Waals surface area contributed by atoms with E-state index in [0.29, 0.717) is 13.0 Å². The van der Waals surface area contributed by atoms with Crippen LogP contribution in [0.4, 0.5) is 0 Å². The number of carbonyl (C=O) groups excluding carboxylic acids is 1. The molecule has 0 spiro atoms. The first kappa shape index (κ1) is 11.0. The van der Waals surface area contributed by atoms with Gasteiger partial charge in [0.2, 0.25) is 0 Å². The minimum Gasteiger partial charge on any atom is -0.489 e. The predicted octanol–water partition coefficient (Wildman–Crippen LogP) is 2.37. The van der Waals surface area contributed by atoms with E-state index in [1.807, 2.05) is 12.1 Å². The van der Waals surface area contributed by atoms with Crippen molar-refractivity contribution in [2.75, 3.05) is 6.61 Å². The molecule has 0 saturated carbocycles. The zero-order valence-corrected chi connectivity index (χ0v) is 9.66. The van der Waals surface area contributed by atoms with E-state index in [9.17, 15) is 4.79 Å². The molecule has 0 bridgehead atoms. The minimum absolute atomic E-state index is 0.160. The van der Waals surface area contributed by atoms with Gasteiger partial charge < -0.3 is 14.3 Å². The summed E-state index contributed by atoms with van der Waals surface area (Å²) in [6.07, 6.45) is 2.16. The lowest BCUT2D eigenvalue weighted by molar-refractivity contribution is -0.108. The van der Waals surface area contributed by atoms with Gasteiger partial charge in [0.05, 0.1) is 6.61 Å². The summed E-state index contributed by atoms with van der Waals surface area (Å²) in [5.41, 5.74) is 1.01. The predicted molar refractivity (Wildman–Crippen MR) is 61.0 cm³/mol. The van der Waals surface area contributed by atoms with Crippen LogP contribution in [0.1, 0.15) is 25.8 Å². The van der Waals surface area contributed by atoms with E-state index in [2.05, 4.69) is 19.9 Å². The Morgan fingerprint density at radius 1 is 1.50 bits per heavy atom. The van der Waals surface area contributed by atoms with Crippen molar-refractivity contribution in [3.05, 3.63) is 23.8 Å². The summed E-state index contributed by atoms with van der Waals surface area (Å²) in [6.45, 7) is 4.52. The fraction of sp³-hybridized carbons (Fsp3) is 0.462. The molecule has 0 fully saturated rings. The fourth-order valence-electron chi connectivity index (χ4n) is 1.92. The summed E-state index contributed by atoms with van der Waals surface area (Å²) < 4.78 is 11.4. The van der Waals surface area contributed by atoms with Crippen LogP contribution in [0, 0.1) is 0 Å². The van der Waals surface area contributed by atoms with Crippen molar-refractivity contribution in [3.8, 4) is 11.5 Å². The molecule has 1 heterocycles. The Bertz CT molecular complexity index is 396. The van der Waals surface area contributed by atoms with Gasteiger partial charge in [0.1, 0.15) is 11.9 Å². The van der Waals surface area contributed by atoms with E-state index in [-0.39, 0.29) is 5.60 Å². The van der Waals surface area contributed by atoms with Gasteiger partial charge in [-0.25, -0.2) is 0 Å². The number of carbonyl (C=O) groups is 1. The molecule has 86 valence electrons. The first-order chi connectivity index (χ1) is 7.62. The topological polar surface area (TPSA) is 35.5 Å². The molecule has 1 aliphatic heterocycles. The highest BCUT2D eigenvalue weighted by Gasteiger charge is 2.32. The molecular weight excluding hydrogens is 204 g/mol. The van der Waals surface area contributed by atoms with E-state index in [4.69, 9.17) is 9.47 Å². The molecule has 0 amide bonds. The number of rotatable bonds is 4. The third-order valence-electron chi connectivity index (χ3n) is 2.55. The first-order valence-electron chi connectivity index (χ1n) is 5.50. The molecule has 0 saturated heterocycles. The lowest BCUT2D eigenvalue weighted by Crippen LogP contribution is -2.24. The lowest BCUT2D eigenvalue weighted by Gasteiger charge is -2.18. The van der Waals surface area contributed by atoms with Crippen LogP contribution in [-0.4, -0.2) is 18.5 Å². The molecule has 0 radical (unpaired) electrons. The molecule has 0 unspecified atom stereocenters. The number of aldehydes is 1. The van der Waals surface area contributed by atoms with Crippen LogP contribution in [0.25, 0.3) is 0 Å². The summed E-state index contributed by atoms with van der Waals surface area (Å²) in [6, 6.07) is 5.89. The molecule has 16 heavy (non-hydrogen) atoms. The SMILES string of the molecule is CC1(C)Cc2cccc(OCCC=O)c2O1. The zero-order valence-electron chi connectivity index (χ0n) is 9.66. The Kier molecular flexibility index (Phi) is 2.86. The zero-order chi connectivity index (χ0) is 11.6. The molecule has 3 nitrogen and oxygen atoms in total. The van der Waals surface area contributed by atoms with Gasteiger partial charge >= 0.3 is 0 Å². The molecule has 0 N–H and O–H groups in total. The number of ether oxygens (including phenoxy) is 2. The maximum atomic E-state index is 10.2. The maximum Gasteiger partial charge on any atom is 0.165 e. The Morgan fingerprint density at radius 2 is 2.31 bits per heavy atom. The average Bonchev–Trinajstić information content (AvgIpc) is 2.53. The van der Waals surface area contributed by atoms with Gasteiger partial charge in [0.25, 0.3) is 0 Å². The molecule has 0 aliphatic carbocycles. The molecule has 2 rings (SSSR count). The van der Waals surface area contributed by atoms with Gasteiger partial charge in [-0.05, 0) is 19.9 Å². The Hall–Kier alpha value is -1.51. The monoisotopic (exact) mass is 220 g/mol. The van der Waals surface area contributed by atoms with Crippen LogP contribution < -0.4 is 9.47 Å². The van der Waals surface area contributed by atoms with Crippen LogP contribution in [0.3, 0.4) is 0 Å². The third kappa shape index (κ3) is 2.18. The van der Waals surface area contributed by atoms with E-state index in [1.165, 1.54) is 5.56 Å². The summed E-state index contributed by atoms with van der Waals surface area (Å²) in [5, 5.41) is 0. The van der Waals surface area contributed by atoms with Crippen molar-refractivity contribution in [3.63, 3.8) is 0 Å². The maximum absolute atomic E-state index is 10.2. The van der Waals surface area contributed by atoms with Gasteiger partial charge in [-0.1, -0.05) is 12.1 Å². The summed E-state index contributed by atoms with van der Waals surface area (Å²) in [5.74, 6) is 1.57. The highest BCUT2D eigenvalue weighted by Crippen LogP contribution is 2.41. The van der Waals surface area contributed by atoms with E-state index < -0.39 is 0 Å². The second-order valence-electron chi connectivity index (χ2n) is 4.59. The summed E-state index contributed by atoms with van der Waals surface area (Å²) in [7, 11) is 0. The first-order valence-corrected chi connectivity index (χ1v) is 5.50. The second kappa shape index (κ2) is 4.16. The number of hydrogen-bond acceptors (Lipinski definition) is 3. The van der Waals surface area contributed by atoms with Crippen molar-refractivity contribution in [2.45, 2.75) is 32.3 Å². The second-order valence-corrected chi connectivity index (χ2v) is 4.59. The van der Waals surface area contributed by atoms with E-state index in [0.717, 1.165) is 24.2 Å². The van der Waals surface area contributed by atoms with Gasteiger partial charge in [-0.15, -0.1) is 0 Å². The number of benzene rings is 1. The Morgan fingerprint density at radius 3 is 3.06 bits per heavy atom.